The minimum absolute atomic E-state index is 0.0787. The van der Waals surface area contributed by atoms with Crippen LogP contribution in [0.5, 0.6) is 0 Å². The van der Waals surface area contributed by atoms with E-state index in [0.29, 0.717) is 0 Å². The lowest BCUT2D eigenvalue weighted by Gasteiger charge is -2.14. The molecule has 6 aromatic carbocycles. The molecule has 0 atom stereocenters. The normalized spacial score (nSPS) is 12.3. The van der Waals surface area contributed by atoms with Gasteiger partial charge in [0.05, 0.1) is 0 Å². The van der Waals surface area contributed by atoms with Gasteiger partial charge in [-0.1, -0.05) is 78.9 Å². The molecule has 1 aliphatic carbocycles. The van der Waals surface area contributed by atoms with E-state index in [-0.39, 0.29) is 5.43 Å². The molecule has 0 saturated carbocycles. The van der Waals surface area contributed by atoms with Crippen molar-refractivity contribution in [1.29, 1.82) is 0 Å². The Bertz CT molecular complexity index is 2370. The maximum absolute atomic E-state index is 13.6. The zero-order valence-corrected chi connectivity index (χ0v) is 20.9. The third-order valence-corrected chi connectivity index (χ3v) is 9.23. The van der Waals surface area contributed by atoms with Crippen LogP contribution in [0.3, 0.4) is 0 Å². The Kier molecular flexibility index (Phi) is 3.85. The molecule has 0 amide bonds. The first kappa shape index (κ1) is 20.3. The van der Waals surface area contributed by atoms with Crippen LogP contribution in [-0.4, -0.2) is 0 Å². The first-order valence-electron chi connectivity index (χ1n) is 12.7. The molecular formula is C35H18O2S. The van der Waals surface area contributed by atoms with E-state index in [1.165, 1.54) is 33.0 Å². The Hall–Kier alpha value is -4.73. The van der Waals surface area contributed by atoms with Crippen LogP contribution >= 0.6 is 11.3 Å². The van der Waals surface area contributed by atoms with Gasteiger partial charge in [0.15, 0.2) is 5.43 Å². The molecule has 0 radical (unpaired) electrons. The maximum atomic E-state index is 13.6. The predicted molar refractivity (Wildman–Crippen MR) is 160 cm³/mol. The Morgan fingerprint density at radius 3 is 2.16 bits per heavy atom. The summed E-state index contributed by atoms with van der Waals surface area (Å²) >= 11 is 1.68. The first-order valence-corrected chi connectivity index (χ1v) is 13.6. The zero-order valence-electron chi connectivity index (χ0n) is 20.1. The number of benzene rings is 6. The molecule has 9 rings (SSSR count). The van der Waals surface area contributed by atoms with Crippen LogP contribution in [0.25, 0.3) is 86.3 Å². The Labute approximate surface area is 221 Å². The Morgan fingerprint density at radius 1 is 0.553 bits per heavy atom. The number of hydrogen-bond acceptors (Lipinski definition) is 3. The molecule has 0 aliphatic heterocycles. The molecule has 176 valence electrons. The van der Waals surface area contributed by atoms with E-state index in [1.54, 1.807) is 11.3 Å². The van der Waals surface area contributed by atoms with Crippen LogP contribution in [0.2, 0.25) is 0 Å². The fourth-order valence-corrected chi connectivity index (χ4v) is 7.59. The van der Waals surface area contributed by atoms with Crippen LogP contribution in [0.4, 0.5) is 0 Å². The highest BCUT2D eigenvalue weighted by atomic mass is 32.1. The van der Waals surface area contributed by atoms with Crippen LogP contribution in [0.15, 0.2) is 118 Å². The van der Waals surface area contributed by atoms with Gasteiger partial charge >= 0.3 is 0 Å². The van der Waals surface area contributed by atoms with E-state index in [4.69, 9.17) is 4.42 Å². The lowest BCUT2D eigenvalue weighted by Crippen LogP contribution is -2.01. The summed E-state index contributed by atoms with van der Waals surface area (Å²) in [6, 6.07) is 37.7. The Balaban J connectivity index is 1.54. The first-order chi connectivity index (χ1) is 18.8. The van der Waals surface area contributed by atoms with Gasteiger partial charge in [0.25, 0.3) is 0 Å². The van der Waals surface area contributed by atoms with Crippen molar-refractivity contribution in [2.45, 2.75) is 0 Å². The van der Waals surface area contributed by atoms with Crippen molar-refractivity contribution in [3.8, 4) is 33.4 Å². The van der Waals surface area contributed by atoms with Gasteiger partial charge in [-0.25, -0.2) is 0 Å². The standard InChI is InChI=1S/C35H18O2S/c36-33-22-11-2-4-17-29(22)38-35-24(14-7-15-25(33)35)32-31-23-13-6-9-19-8-5-12-21(30(19)23)26(31)18-27-20-10-1-3-16-28(20)37-34(27)32/h1-18H. The van der Waals surface area contributed by atoms with Crippen molar-refractivity contribution in [2.24, 2.45) is 0 Å². The van der Waals surface area contributed by atoms with Crippen molar-refractivity contribution < 1.29 is 4.42 Å². The molecule has 2 aromatic heterocycles. The number of fused-ring (bicyclic) bond motifs is 8. The van der Waals surface area contributed by atoms with E-state index >= 15 is 0 Å². The summed E-state index contributed by atoms with van der Waals surface area (Å²) in [4.78, 5) is 13.6. The summed E-state index contributed by atoms with van der Waals surface area (Å²) in [6.45, 7) is 0. The average Bonchev–Trinajstić information content (AvgIpc) is 3.49. The van der Waals surface area contributed by atoms with Crippen molar-refractivity contribution in [3.63, 3.8) is 0 Å². The second-order valence-corrected chi connectivity index (χ2v) is 11.0. The molecule has 3 heteroatoms. The highest BCUT2D eigenvalue weighted by Crippen LogP contribution is 2.55. The monoisotopic (exact) mass is 502 g/mol. The van der Waals surface area contributed by atoms with Gasteiger partial charge in [-0.2, -0.15) is 0 Å². The third-order valence-electron chi connectivity index (χ3n) is 8.01. The minimum atomic E-state index is 0.0787. The van der Waals surface area contributed by atoms with Gasteiger partial charge < -0.3 is 4.42 Å². The molecule has 0 saturated heterocycles. The minimum Gasteiger partial charge on any atom is -0.455 e. The number of furan rings is 1. The highest BCUT2D eigenvalue weighted by Gasteiger charge is 2.29. The predicted octanol–water partition coefficient (Wildman–Crippen LogP) is 9.78. The van der Waals surface area contributed by atoms with Crippen LogP contribution in [0, 0.1) is 0 Å². The van der Waals surface area contributed by atoms with Gasteiger partial charge in [-0.15, -0.1) is 11.3 Å². The molecule has 0 spiro atoms. The maximum Gasteiger partial charge on any atom is 0.195 e. The Morgan fingerprint density at radius 2 is 1.26 bits per heavy atom. The molecular weight excluding hydrogens is 484 g/mol. The van der Waals surface area contributed by atoms with E-state index in [2.05, 4.69) is 60.7 Å². The molecule has 0 bridgehead atoms. The average molecular weight is 503 g/mol. The van der Waals surface area contributed by atoms with E-state index < -0.39 is 0 Å². The number of hydrogen-bond donors (Lipinski definition) is 0. The van der Waals surface area contributed by atoms with E-state index in [9.17, 15) is 4.79 Å². The summed E-state index contributed by atoms with van der Waals surface area (Å²) in [5, 5.41) is 6.24. The summed E-state index contributed by atoms with van der Waals surface area (Å²) < 4.78 is 8.64. The fraction of sp³-hybridized carbons (Fsp3) is 0. The number of para-hydroxylation sites is 1. The second kappa shape index (κ2) is 7.18. The summed E-state index contributed by atoms with van der Waals surface area (Å²) in [7, 11) is 0. The fourth-order valence-electron chi connectivity index (χ4n) is 6.40. The van der Waals surface area contributed by atoms with Gasteiger partial charge in [0, 0.05) is 47.6 Å². The molecule has 1 aliphatic rings. The zero-order chi connectivity index (χ0) is 25.0. The summed E-state index contributed by atoms with van der Waals surface area (Å²) in [5.41, 5.74) is 8.80. The number of rotatable bonds is 1. The third kappa shape index (κ3) is 2.49. The molecule has 0 fully saturated rings. The van der Waals surface area contributed by atoms with Crippen LogP contribution in [0.1, 0.15) is 0 Å². The topological polar surface area (TPSA) is 30.2 Å². The molecule has 0 unspecified atom stereocenters. The van der Waals surface area contributed by atoms with Crippen LogP contribution in [-0.2, 0) is 0 Å². The van der Waals surface area contributed by atoms with Gasteiger partial charge in [-0.3, -0.25) is 4.79 Å². The second-order valence-electron chi connectivity index (χ2n) is 9.97. The van der Waals surface area contributed by atoms with Gasteiger partial charge in [0.2, 0.25) is 0 Å². The largest absolute Gasteiger partial charge is 0.455 e. The SMILES string of the molecule is O=c1c2ccccc2sc2c(-c3c4c(cc5c3oc3ccccc35)-c3cccc5cccc-4c35)cccc12. The van der Waals surface area contributed by atoms with Crippen molar-refractivity contribution in [3.05, 3.63) is 119 Å². The highest BCUT2D eigenvalue weighted by molar-refractivity contribution is 7.25. The smallest absolute Gasteiger partial charge is 0.195 e. The molecule has 8 aromatic rings. The summed E-state index contributed by atoms with van der Waals surface area (Å²) in [6.07, 6.45) is 0. The van der Waals surface area contributed by atoms with E-state index in [0.717, 1.165) is 53.2 Å². The lowest BCUT2D eigenvalue weighted by molar-refractivity contribution is 0.670. The molecule has 38 heavy (non-hydrogen) atoms. The van der Waals surface area contributed by atoms with E-state index in [1.807, 2.05) is 48.5 Å². The van der Waals surface area contributed by atoms with Crippen molar-refractivity contribution >= 4 is 64.2 Å². The van der Waals surface area contributed by atoms with Gasteiger partial charge in [0.1, 0.15) is 11.2 Å². The quantitative estimate of drug-likeness (QED) is 0.209. The molecule has 2 heterocycles. The van der Waals surface area contributed by atoms with Crippen LogP contribution < -0.4 is 5.43 Å². The molecule has 2 nitrogen and oxygen atoms in total. The van der Waals surface area contributed by atoms with Crippen molar-refractivity contribution in [2.75, 3.05) is 0 Å². The molecule has 0 N–H and O–H groups in total. The lowest BCUT2D eigenvalue weighted by atomic mass is 9.90. The summed E-state index contributed by atoms with van der Waals surface area (Å²) in [5.74, 6) is 0. The van der Waals surface area contributed by atoms with Gasteiger partial charge in [-0.05, 0) is 57.8 Å². The van der Waals surface area contributed by atoms with Crippen molar-refractivity contribution in [1.82, 2.24) is 0 Å².